The predicted molar refractivity (Wildman–Crippen MR) is 78.1 cm³/mol. The molecule has 1 unspecified atom stereocenters. The van der Waals surface area contributed by atoms with Gasteiger partial charge in [0.15, 0.2) is 0 Å². The predicted octanol–water partition coefficient (Wildman–Crippen LogP) is 3.49. The Bertz CT molecular complexity index is 494. The van der Waals surface area contributed by atoms with E-state index in [0.29, 0.717) is 6.54 Å². The molecule has 0 saturated carbocycles. The molecule has 1 rings (SSSR count). The van der Waals surface area contributed by atoms with Crippen LogP contribution in [0.25, 0.3) is 0 Å². The largest absolute Gasteiger partial charge is 0.341 e. The second-order valence-corrected chi connectivity index (χ2v) is 6.21. The number of carbonyl (C=O) groups excluding carboxylic acids is 1. The second-order valence-electron chi connectivity index (χ2n) is 4.21. The number of nitrogens with zero attached hydrogens (tertiary/aromatic N) is 2. The molecule has 0 aliphatic heterocycles. The first kappa shape index (κ1) is 15.9. The fourth-order valence-corrected chi connectivity index (χ4v) is 1.89. The number of nitro benzene ring substituents is 1. The van der Waals surface area contributed by atoms with Gasteiger partial charge in [-0.1, -0.05) is 34.5 Å². The maximum absolute atomic E-state index is 12.2. The van der Waals surface area contributed by atoms with Crippen LogP contribution in [0.2, 0.25) is 5.02 Å². The summed E-state index contributed by atoms with van der Waals surface area (Å²) in [6.07, 6.45) is 0.767. The zero-order chi connectivity index (χ0) is 14.6. The van der Waals surface area contributed by atoms with Gasteiger partial charge in [-0.05, 0) is 18.6 Å². The van der Waals surface area contributed by atoms with Crippen molar-refractivity contribution in [3.05, 3.63) is 38.9 Å². The molecule has 104 valence electrons. The van der Waals surface area contributed by atoms with Crippen molar-refractivity contribution in [2.45, 2.75) is 18.2 Å². The maximum Gasteiger partial charge on any atom is 0.283 e. The highest BCUT2D eigenvalue weighted by molar-refractivity contribution is 9.09. The van der Waals surface area contributed by atoms with Crippen molar-refractivity contribution < 1.29 is 9.72 Å². The third kappa shape index (κ3) is 4.47. The Morgan fingerprint density at radius 2 is 2.21 bits per heavy atom. The summed E-state index contributed by atoms with van der Waals surface area (Å²) in [5.74, 6) is -0.378. The molecule has 0 spiro atoms. The molecule has 7 heteroatoms. The third-order valence-corrected chi connectivity index (χ3v) is 3.29. The van der Waals surface area contributed by atoms with Gasteiger partial charge in [-0.2, -0.15) is 0 Å². The molecule has 1 amide bonds. The van der Waals surface area contributed by atoms with E-state index in [1.807, 2.05) is 6.92 Å². The lowest BCUT2D eigenvalue weighted by Gasteiger charge is -2.17. The molecule has 0 aliphatic rings. The fourth-order valence-electron chi connectivity index (χ4n) is 1.52. The third-order valence-electron chi connectivity index (χ3n) is 2.60. The van der Waals surface area contributed by atoms with Crippen molar-refractivity contribution in [3.8, 4) is 0 Å². The van der Waals surface area contributed by atoms with Gasteiger partial charge in [0.25, 0.3) is 11.6 Å². The summed E-state index contributed by atoms with van der Waals surface area (Å²) in [7, 11) is 1.62. The van der Waals surface area contributed by atoms with E-state index in [1.54, 1.807) is 7.05 Å². The van der Waals surface area contributed by atoms with Crippen LogP contribution in [-0.2, 0) is 0 Å². The Labute approximate surface area is 124 Å². The minimum atomic E-state index is -0.597. The van der Waals surface area contributed by atoms with Crippen LogP contribution in [-0.4, -0.2) is 34.2 Å². The quantitative estimate of drug-likeness (QED) is 0.464. The summed E-state index contributed by atoms with van der Waals surface area (Å²) in [6.45, 7) is 2.49. The van der Waals surface area contributed by atoms with E-state index < -0.39 is 4.92 Å². The molecule has 0 heterocycles. The van der Waals surface area contributed by atoms with Gasteiger partial charge in [0.05, 0.1) is 4.92 Å². The Morgan fingerprint density at radius 3 is 2.74 bits per heavy atom. The minimum absolute atomic E-state index is 0.0547. The summed E-state index contributed by atoms with van der Waals surface area (Å²) in [6, 6.07) is 4.05. The van der Waals surface area contributed by atoms with Gasteiger partial charge < -0.3 is 4.90 Å². The molecule has 0 bridgehead atoms. The van der Waals surface area contributed by atoms with Crippen LogP contribution in [0.5, 0.6) is 0 Å². The zero-order valence-electron chi connectivity index (χ0n) is 10.6. The highest BCUT2D eigenvalue weighted by Gasteiger charge is 2.23. The summed E-state index contributed by atoms with van der Waals surface area (Å²) < 4.78 is 0. The SMILES string of the molecule is CC(Br)CCN(C)C(=O)c1ccc(Cl)cc1[N+](=O)[O-]. The van der Waals surface area contributed by atoms with Crippen LogP contribution >= 0.6 is 27.5 Å². The van der Waals surface area contributed by atoms with Crippen molar-refractivity contribution in [1.82, 2.24) is 4.90 Å². The lowest BCUT2D eigenvalue weighted by molar-refractivity contribution is -0.385. The van der Waals surface area contributed by atoms with E-state index in [2.05, 4.69) is 15.9 Å². The number of hydrogen-bond acceptors (Lipinski definition) is 3. The first-order valence-electron chi connectivity index (χ1n) is 5.66. The topological polar surface area (TPSA) is 63.5 Å². The van der Waals surface area contributed by atoms with Crippen LogP contribution in [0, 0.1) is 10.1 Å². The Morgan fingerprint density at radius 1 is 1.58 bits per heavy atom. The molecule has 1 atom stereocenters. The standard InChI is InChI=1S/C12H14BrClN2O3/c1-8(13)5-6-15(2)12(17)10-4-3-9(14)7-11(10)16(18)19/h3-4,7-8H,5-6H2,1-2H3. The van der Waals surface area contributed by atoms with Crippen molar-refractivity contribution in [2.24, 2.45) is 0 Å². The van der Waals surface area contributed by atoms with Crippen LogP contribution in [0.4, 0.5) is 5.69 Å². The number of benzene rings is 1. The van der Waals surface area contributed by atoms with E-state index in [1.165, 1.54) is 23.1 Å². The number of amides is 1. The van der Waals surface area contributed by atoms with E-state index in [-0.39, 0.29) is 27.0 Å². The Hall–Kier alpha value is -1.14. The first-order chi connectivity index (χ1) is 8.82. The van der Waals surface area contributed by atoms with E-state index in [0.717, 1.165) is 6.42 Å². The van der Waals surface area contributed by atoms with Gasteiger partial charge in [-0.3, -0.25) is 14.9 Å². The summed E-state index contributed by atoms with van der Waals surface area (Å²) in [5, 5.41) is 11.2. The molecular formula is C12H14BrClN2O3. The molecule has 5 nitrogen and oxygen atoms in total. The van der Waals surface area contributed by atoms with Crippen LogP contribution in [0.3, 0.4) is 0 Å². The highest BCUT2D eigenvalue weighted by Crippen LogP contribution is 2.24. The number of nitro groups is 1. The van der Waals surface area contributed by atoms with Crippen LogP contribution in [0.15, 0.2) is 18.2 Å². The van der Waals surface area contributed by atoms with Gasteiger partial charge in [0, 0.05) is 29.5 Å². The summed E-state index contributed by atoms with van der Waals surface area (Å²) in [4.78, 5) is 24.2. The molecule has 1 aromatic rings. The van der Waals surface area contributed by atoms with Crippen molar-refractivity contribution >= 4 is 39.1 Å². The van der Waals surface area contributed by atoms with Gasteiger partial charge in [-0.15, -0.1) is 0 Å². The molecule has 0 aliphatic carbocycles. The van der Waals surface area contributed by atoms with Crippen LogP contribution < -0.4 is 0 Å². The molecule has 0 aromatic heterocycles. The van der Waals surface area contributed by atoms with Crippen molar-refractivity contribution in [1.29, 1.82) is 0 Å². The van der Waals surface area contributed by atoms with Crippen molar-refractivity contribution in [3.63, 3.8) is 0 Å². The summed E-state index contributed by atoms with van der Waals surface area (Å²) in [5.41, 5.74) is -0.213. The van der Waals surface area contributed by atoms with Gasteiger partial charge in [0.2, 0.25) is 0 Å². The second kappa shape index (κ2) is 6.86. The van der Waals surface area contributed by atoms with E-state index >= 15 is 0 Å². The van der Waals surface area contributed by atoms with Gasteiger partial charge >= 0.3 is 0 Å². The molecule has 1 aromatic carbocycles. The fraction of sp³-hybridized carbons (Fsp3) is 0.417. The monoisotopic (exact) mass is 348 g/mol. The lowest BCUT2D eigenvalue weighted by Crippen LogP contribution is -2.29. The van der Waals surface area contributed by atoms with Gasteiger partial charge in [-0.25, -0.2) is 0 Å². The minimum Gasteiger partial charge on any atom is -0.341 e. The first-order valence-corrected chi connectivity index (χ1v) is 6.95. The summed E-state index contributed by atoms with van der Waals surface area (Å²) >= 11 is 9.10. The number of rotatable bonds is 5. The Balaban J connectivity index is 2.96. The molecule has 0 N–H and O–H groups in total. The maximum atomic E-state index is 12.2. The number of alkyl halides is 1. The van der Waals surface area contributed by atoms with Gasteiger partial charge in [0.1, 0.15) is 5.56 Å². The lowest BCUT2D eigenvalue weighted by atomic mass is 10.1. The van der Waals surface area contributed by atoms with E-state index in [4.69, 9.17) is 11.6 Å². The average molecular weight is 350 g/mol. The van der Waals surface area contributed by atoms with E-state index in [9.17, 15) is 14.9 Å². The Kier molecular flexibility index (Phi) is 5.75. The molecule has 19 heavy (non-hydrogen) atoms. The zero-order valence-corrected chi connectivity index (χ0v) is 12.9. The van der Waals surface area contributed by atoms with Crippen molar-refractivity contribution in [2.75, 3.05) is 13.6 Å². The van der Waals surface area contributed by atoms with Crippen LogP contribution in [0.1, 0.15) is 23.7 Å². The normalized spacial score (nSPS) is 12.0. The molecule has 0 fully saturated rings. The number of halogens is 2. The average Bonchev–Trinajstić information content (AvgIpc) is 2.34. The smallest absolute Gasteiger partial charge is 0.283 e. The molecular weight excluding hydrogens is 336 g/mol. The number of carbonyl (C=O) groups is 1. The molecule has 0 saturated heterocycles. The molecule has 0 radical (unpaired) electrons. The highest BCUT2D eigenvalue weighted by atomic mass is 79.9. The number of hydrogen-bond donors (Lipinski definition) is 0.